The number of aromatic amines is 1. The number of H-pyrrole nitrogens is 1. The lowest BCUT2D eigenvalue weighted by atomic mass is 10.2. The third-order valence-electron chi connectivity index (χ3n) is 3.83. The highest BCUT2D eigenvalue weighted by Crippen LogP contribution is 2.21. The van der Waals surface area contributed by atoms with Crippen molar-refractivity contribution in [1.82, 2.24) is 20.0 Å². The van der Waals surface area contributed by atoms with E-state index in [0.29, 0.717) is 23.7 Å². The summed E-state index contributed by atoms with van der Waals surface area (Å²) in [6.45, 7) is 4.01. The number of aromatic nitrogens is 4. The number of anilines is 1. The van der Waals surface area contributed by atoms with Crippen LogP contribution in [0.1, 0.15) is 32.0 Å². The van der Waals surface area contributed by atoms with Crippen LogP contribution in [0.25, 0.3) is 11.3 Å². The van der Waals surface area contributed by atoms with Gasteiger partial charge in [0.2, 0.25) is 5.91 Å². The number of halogens is 1. The molecule has 6 nitrogen and oxygen atoms in total. The topological polar surface area (TPSA) is 75.6 Å². The standard InChI is InChI=1S/C18H20ClN5O/c1-12(2)24-11-17(22-23-24)21-18(25)10-8-15-7-9-16(20-15)13-3-5-14(19)6-4-13/h3-7,9,11-12,20H,8,10H2,1-2H3,(H,21,25). The second-order valence-corrected chi connectivity index (χ2v) is 6.57. The van der Waals surface area contributed by atoms with E-state index in [1.807, 2.05) is 50.2 Å². The number of carbonyl (C=O) groups excluding carboxylic acids is 1. The van der Waals surface area contributed by atoms with E-state index in [4.69, 9.17) is 11.6 Å². The Kier molecular flexibility index (Phi) is 5.19. The molecule has 2 heterocycles. The molecule has 0 spiro atoms. The zero-order valence-corrected chi connectivity index (χ0v) is 14.9. The van der Waals surface area contributed by atoms with Crippen molar-refractivity contribution in [2.75, 3.05) is 5.32 Å². The first kappa shape index (κ1) is 17.2. The summed E-state index contributed by atoms with van der Waals surface area (Å²) in [5.41, 5.74) is 3.07. The van der Waals surface area contributed by atoms with Crippen molar-refractivity contribution in [3.8, 4) is 11.3 Å². The number of amides is 1. The Morgan fingerprint density at radius 2 is 2.00 bits per heavy atom. The van der Waals surface area contributed by atoms with Crippen molar-refractivity contribution in [3.63, 3.8) is 0 Å². The van der Waals surface area contributed by atoms with Gasteiger partial charge in [-0.05, 0) is 50.1 Å². The van der Waals surface area contributed by atoms with E-state index in [2.05, 4.69) is 20.6 Å². The second kappa shape index (κ2) is 7.53. The molecule has 2 aromatic heterocycles. The number of rotatable bonds is 6. The molecule has 3 rings (SSSR count). The molecule has 0 fully saturated rings. The van der Waals surface area contributed by atoms with Crippen molar-refractivity contribution >= 4 is 23.3 Å². The van der Waals surface area contributed by atoms with Gasteiger partial charge in [-0.2, -0.15) is 0 Å². The molecule has 130 valence electrons. The lowest BCUT2D eigenvalue weighted by Crippen LogP contribution is -2.12. The van der Waals surface area contributed by atoms with Crippen LogP contribution in [0.3, 0.4) is 0 Å². The number of carbonyl (C=O) groups is 1. The monoisotopic (exact) mass is 357 g/mol. The van der Waals surface area contributed by atoms with Crippen LogP contribution in [0.4, 0.5) is 5.82 Å². The fourth-order valence-electron chi connectivity index (χ4n) is 2.42. The summed E-state index contributed by atoms with van der Waals surface area (Å²) in [5, 5.41) is 11.4. The highest BCUT2D eigenvalue weighted by molar-refractivity contribution is 6.30. The van der Waals surface area contributed by atoms with Gasteiger partial charge in [0.05, 0.1) is 6.20 Å². The van der Waals surface area contributed by atoms with Crippen LogP contribution < -0.4 is 5.32 Å². The molecule has 7 heteroatoms. The van der Waals surface area contributed by atoms with Crippen LogP contribution in [0.2, 0.25) is 5.02 Å². The largest absolute Gasteiger partial charge is 0.358 e. The average molecular weight is 358 g/mol. The van der Waals surface area contributed by atoms with Gasteiger partial charge in [0.25, 0.3) is 0 Å². The molecule has 1 aromatic carbocycles. The first-order valence-corrected chi connectivity index (χ1v) is 8.54. The fourth-order valence-corrected chi connectivity index (χ4v) is 2.55. The number of aryl methyl sites for hydroxylation is 1. The zero-order chi connectivity index (χ0) is 17.8. The molecule has 0 saturated carbocycles. The number of hydrogen-bond donors (Lipinski definition) is 2. The summed E-state index contributed by atoms with van der Waals surface area (Å²) in [6, 6.07) is 11.8. The minimum Gasteiger partial charge on any atom is -0.358 e. The van der Waals surface area contributed by atoms with Crippen LogP contribution in [0, 0.1) is 0 Å². The Labute approximate surface area is 151 Å². The molecule has 0 radical (unpaired) electrons. The second-order valence-electron chi connectivity index (χ2n) is 6.13. The maximum Gasteiger partial charge on any atom is 0.226 e. The molecule has 0 atom stereocenters. The van der Waals surface area contributed by atoms with Crippen LogP contribution in [0.5, 0.6) is 0 Å². The molecular weight excluding hydrogens is 338 g/mol. The first-order chi connectivity index (χ1) is 12.0. The highest BCUT2D eigenvalue weighted by atomic mass is 35.5. The lowest BCUT2D eigenvalue weighted by Gasteiger charge is -2.02. The van der Waals surface area contributed by atoms with E-state index in [1.165, 1.54) is 0 Å². The quantitative estimate of drug-likeness (QED) is 0.698. The minimum absolute atomic E-state index is 0.0848. The van der Waals surface area contributed by atoms with Gasteiger partial charge in [0, 0.05) is 28.9 Å². The Balaban J connectivity index is 1.54. The van der Waals surface area contributed by atoms with Crippen LogP contribution in [0.15, 0.2) is 42.6 Å². The lowest BCUT2D eigenvalue weighted by molar-refractivity contribution is -0.116. The van der Waals surface area contributed by atoms with E-state index in [-0.39, 0.29) is 11.9 Å². The van der Waals surface area contributed by atoms with Gasteiger partial charge in [0.15, 0.2) is 5.82 Å². The van der Waals surface area contributed by atoms with Crippen molar-refractivity contribution < 1.29 is 4.79 Å². The summed E-state index contributed by atoms with van der Waals surface area (Å²) < 4.78 is 1.71. The zero-order valence-electron chi connectivity index (χ0n) is 14.2. The normalized spacial score (nSPS) is 11.0. The maximum atomic E-state index is 12.1. The first-order valence-electron chi connectivity index (χ1n) is 8.17. The van der Waals surface area contributed by atoms with Crippen LogP contribution in [-0.4, -0.2) is 25.9 Å². The van der Waals surface area contributed by atoms with E-state index < -0.39 is 0 Å². The van der Waals surface area contributed by atoms with E-state index in [1.54, 1.807) is 10.9 Å². The average Bonchev–Trinajstić information content (AvgIpc) is 3.23. The molecule has 0 unspecified atom stereocenters. The van der Waals surface area contributed by atoms with Gasteiger partial charge in [-0.1, -0.05) is 28.9 Å². The molecule has 0 bridgehead atoms. The third kappa shape index (κ3) is 4.48. The summed E-state index contributed by atoms with van der Waals surface area (Å²) in [6.07, 6.45) is 2.72. The molecule has 0 aliphatic carbocycles. The molecule has 25 heavy (non-hydrogen) atoms. The Bertz CT molecular complexity index is 850. The number of hydrogen-bond acceptors (Lipinski definition) is 3. The van der Waals surface area contributed by atoms with Gasteiger partial charge in [-0.3, -0.25) is 4.79 Å². The van der Waals surface area contributed by atoms with Crippen LogP contribution in [-0.2, 0) is 11.2 Å². The van der Waals surface area contributed by atoms with Gasteiger partial charge < -0.3 is 10.3 Å². The van der Waals surface area contributed by atoms with Crippen molar-refractivity contribution in [1.29, 1.82) is 0 Å². The molecule has 2 N–H and O–H groups in total. The van der Waals surface area contributed by atoms with Gasteiger partial charge in [-0.15, -0.1) is 5.10 Å². The van der Waals surface area contributed by atoms with Crippen molar-refractivity contribution in [2.24, 2.45) is 0 Å². The third-order valence-corrected chi connectivity index (χ3v) is 4.08. The molecule has 0 aliphatic rings. The summed E-state index contributed by atoms with van der Waals surface area (Å²) in [4.78, 5) is 15.4. The molecule has 1 amide bonds. The smallest absolute Gasteiger partial charge is 0.226 e. The number of nitrogens with zero attached hydrogens (tertiary/aromatic N) is 3. The SMILES string of the molecule is CC(C)n1cc(NC(=O)CCc2ccc(-c3ccc(Cl)cc3)[nH]2)nn1. The minimum atomic E-state index is -0.0848. The van der Waals surface area contributed by atoms with Gasteiger partial charge >= 0.3 is 0 Å². The van der Waals surface area contributed by atoms with E-state index in [9.17, 15) is 4.79 Å². The van der Waals surface area contributed by atoms with Crippen molar-refractivity contribution in [3.05, 3.63) is 53.3 Å². The molecule has 0 saturated heterocycles. The summed E-state index contributed by atoms with van der Waals surface area (Å²) >= 11 is 5.91. The Morgan fingerprint density at radius 1 is 1.24 bits per heavy atom. The van der Waals surface area contributed by atoms with Gasteiger partial charge in [0.1, 0.15) is 0 Å². The van der Waals surface area contributed by atoms with Crippen molar-refractivity contribution in [2.45, 2.75) is 32.7 Å². The Morgan fingerprint density at radius 3 is 2.68 bits per heavy atom. The molecular formula is C18H20ClN5O. The number of nitrogens with one attached hydrogen (secondary N) is 2. The Hall–Kier alpha value is -2.60. The highest BCUT2D eigenvalue weighted by Gasteiger charge is 2.09. The predicted octanol–water partition coefficient (Wildman–Crippen LogP) is 4.08. The maximum absolute atomic E-state index is 12.1. The van der Waals surface area contributed by atoms with Crippen LogP contribution >= 0.6 is 11.6 Å². The summed E-state index contributed by atoms with van der Waals surface area (Å²) in [5.74, 6) is 0.394. The van der Waals surface area contributed by atoms with Gasteiger partial charge in [-0.25, -0.2) is 4.68 Å². The van der Waals surface area contributed by atoms with E-state index in [0.717, 1.165) is 17.0 Å². The molecule has 0 aliphatic heterocycles. The molecule has 3 aromatic rings. The fraction of sp³-hybridized carbons (Fsp3) is 0.278. The number of benzene rings is 1. The summed E-state index contributed by atoms with van der Waals surface area (Å²) in [7, 11) is 0. The predicted molar refractivity (Wildman–Crippen MR) is 98.6 cm³/mol. The van der Waals surface area contributed by atoms with E-state index >= 15 is 0 Å².